The SMILES string of the molecule is N#Cc1ccc(N2CC3(CCN(C4CCOCC4)C3)CC2=O)cc1.O=C(O)C(F)(F)F. The highest BCUT2D eigenvalue weighted by atomic mass is 19.4. The lowest BCUT2D eigenvalue weighted by Gasteiger charge is -2.32. The van der Waals surface area contributed by atoms with Crippen LogP contribution in [0.15, 0.2) is 24.3 Å². The minimum absolute atomic E-state index is 0.100. The summed E-state index contributed by atoms with van der Waals surface area (Å²) < 4.78 is 37.2. The summed E-state index contributed by atoms with van der Waals surface area (Å²) in [5.41, 5.74) is 1.65. The number of amides is 1. The summed E-state index contributed by atoms with van der Waals surface area (Å²) in [6.45, 7) is 4.65. The van der Waals surface area contributed by atoms with Crippen molar-refractivity contribution in [3.05, 3.63) is 29.8 Å². The Bertz CT molecular complexity index is 847. The predicted octanol–water partition coefficient (Wildman–Crippen LogP) is 2.80. The van der Waals surface area contributed by atoms with E-state index >= 15 is 0 Å². The third-order valence-electron chi connectivity index (χ3n) is 6.05. The lowest BCUT2D eigenvalue weighted by Crippen LogP contribution is -2.40. The molecule has 10 heteroatoms. The number of hydrogen-bond donors (Lipinski definition) is 1. The van der Waals surface area contributed by atoms with Crippen molar-refractivity contribution < 1.29 is 32.6 Å². The number of benzene rings is 1. The first-order chi connectivity index (χ1) is 14.6. The minimum atomic E-state index is -5.08. The molecule has 4 rings (SSSR count). The first-order valence-electron chi connectivity index (χ1n) is 10.1. The van der Waals surface area contributed by atoms with E-state index in [0.717, 1.165) is 57.8 Å². The smallest absolute Gasteiger partial charge is 0.475 e. The number of carbonyl (C=O) groups excluding carboxylic acids is 1. The summed E-state index contributed by atoms with van der Waals surface area (Å²) in [7, 11) is 0. The average Bonchev–Trinajstić information content (AvgIpc) is 3.31. The topological polar surface area (TPSA) is 93.9 Å². The fourth-order valence-electron chi connectivity index (χ4n) is 4.45. The molecule has 3 heterocycles. The van der Waals surface area contributed by atoms with Gasteiger partial charge in [0, 0.05) is 49.9 Å². The molecular weight excluding hydrogens is 415 g/mol. The molecule has 3 fully saturated rings. The Morgan fingerprint density at radius 2 is 1.81 bits per heavy atom. The van der Waals surface area contributed by atoms with Gasteiger partial charge in [-0.3, -0.25) is 9.69 Å². The van der Waals surface area contributed by atoms with Gasteiger partial charge in [0.2, 0.25) is 5.91 Å². The Kier molecular flexibility index (Phi) is 6.86. The van der Waals surface area contributed by atoms with Crippen LogP contribution in [0.4, 0.5) is 18.9 Å². The van der Waals surface area contributed by atoms with Crippen LogP contribution in [0.2, 0.25) is 0 Å². The second-order valence-electron chi connectivity index (χ2n) is 8.18. The quantitative estimate of drug-likeness (QED) is 0.762. The number of halogens is 3. The van der Waals surface area contributed by atoms with Crippen LogP contribution >= 0.6 is 0 Å². The van der Waals surface area contributed by atoms with Crippen LogP contribution in [0.25, 0.3) is 0 Å². The standard InChI is InChI=1S/C19H23N3O2.C2HF3O2/c20-12-15-1-3-17(4-2-15)22-14-19(11-18(22)23)7-8-21(13-19)16-5-9-24-10-6-16;3-2(4,5)1(6)7/h1-4,16H,5-11,13-14H2;(H,6,7). The molecule has 0 aromatic heterocycles. The fraction of sp³-hybridized carbons (Fsp3) is 0.571. The molecule has 1 atom stereocenters. The average molecular weight is 439 g/mol. The number of carboxylic acids is 1. The molecule has 3 aliphatic heterocycles. The summed E-state index contributed by atoms with van der Waals surface area (Å²) in [4.78, 5) is 26.0. The van der Waals surface area contributed by atoms with Crippen LogP contribution in [-0.4, -0.2) is 66.9 Å². The Labute approximate surface area is 178 Å². The van der Waals surface area contributed by atoms with Gasteiger partial charge in [0.15, 0.2) is 0 Å². The van der Waals surface area contributed by atoms with Gasteiger partial charge in [0.05, 0.1) is 11.6 Å². The second kappa shape index (κ2) is 9.24. The van der Waals surface area contributed by atoms with Crippen molar-refractivity contribution in [1.82, 2.24) is 4.90 Å². The van der Waals surface area contributed by atoms with E-state index < -0.39 is 12.1 Å². The van der Waals surface area contributed by atoms with E-state index in [1.165, 1.54) is 0 Å². The molecule has 1 unspecified atom stereocenters. The highest BCUT2D eigenvalue weighted by molar-refractivity contribution is 5.96. The molecule has 0 bridgehead atoms. The van der Waals surface area contributed by atoms with Crippen molar-refractivity contribution in [2.75, 3.05) is 37.7 Å². The number of nitriles is 1. The Hall–Kier alpha value is -2.64. The number of rotatable bonds is 2. The molecule has 1 N–H and O–H groups in total. The van der Waals surface area contributed by atoms with Gasteiger partial charge in [0.25, 0.3) is 0 Å². The zero-order valence-electron chi connectivity index (χ0n) is 16.9. The van der Waals surface area contributed by atoms with Crippen molar-refractivity contribution in [1.29, 1.82) is 5.26 Å². The zero-order valence-corrected chi connectivity index (χ0v) is 16.9. The first-order valence-corrected chi connectivity index (χ1v) is 10.1. The number of carbonyl (C=O) groups is 2. The number of hydrogen-bond acceptors (Lipinski definition) is 5. The van der Waals surface area contributed by atoms with E-state index in [2.05, 4.69) is 11.0 Å². The molecule has 1 aromatic rings. The van der Waals surface area contributed by atoms with Crippen LogP contribution in [0.1, 0.15) is 31.2 Å². The van der Waals surface area contributed by atoms with Crippen LogP contribution in [-0.2, 0) is 14.3 Å². The normalized spacial score (nSPS) is 24.7. The third-order valence-corrected chi connectivity index (χ3v) is 6.05. The summed E-state index contributed by atoms with van der Waals surface area (Å²) in [6, 6.07) is 10.1. The number of aliphatic carboxylic acids is 1. The molecule has 168 valence electrons. The van der Waals surface area contributed by atoms with Gasteiger partial charge >= 0.3 is 12.1 Å². The number of carboxylic acid groups (broad SMARTS) is 1. The van der Waals surface area contributed by atoms with Gasteiger partial charge in [-0.05, 0) is 50.1 Å². The molecular formula is C21H24F3N3O4. The van der Waals surface area contributed by atoms with Gasteiger partial charge < -0.3 is 14.7 Å². The molecule has 3 aliphatic rings. The van der Waals surface area contributed by atoms with Crippen molar-refractivity contribution in [3.63, 3.8) is 0 Å². The number of anilines is 1. The van der Waals surface area contributed by atoms with Crippen LogP contribution in [0.3, 0.4) is 0 Å². The molecule has 3 saturated heterocycles. The molecule has 1 spiro atoms. The van der Waals surface area contributed by atoms with E-state index in [1.807, 2.05) is 17.0 Å². The van der Waals surface area contributed by atoms with E-state index in [4.69, 9.17) is 19.9 Å². The van der Waals surface area contributed by atoms with Crippen LogP contribution in [0, 0.1) is 16.7 Å². The highest BCUT2D eigenvalue weighted by Gasteiger charge is 2.48. The van der Waals surface area contributed by atoms with Gasteiger partial charge in [0.1, 0.15) is 0 Å². The Morgan fingerprint density at radius 1 is 1.19 bits per heavy atom. The van der Waals surface area contributed by atoms with E-state index in [0.29, 0.717) is 18.0 Å². The van der Waals surface area contributed by atoms with Crippen LogP contribution < -0.4 is 4.90 Å². The third kappa shape index (κ3) is 5.54. The van der Waals surface area contributed by atoms with E-state index in [9.17, 15) is 18.0 Å². The maximum atomic E-state index is 12.6. The number of likely N-dealkylation sites (tertiary alicyclic amines) is 1. The minimum Gasteiger partial charge on any atom is -0.475 e. The summed E-state index contributed by atoms with van der Waals surface area (Å²) in [6.07, 6.45) is -1.11. The maximum absolute atomic E-state index is 12.6. The fourth-order valence-corrected chi connectivity index (χ4v) is 4.45. The monoisotopic (exact) mass is 439 g/mol. The predicted molar refractivity (Wildman–Crippen MR) is 104 cm³/mol. The van der Waals surface area contributed by atoms with Gasteiger partial charge in [-0.25, -0.2) is 4.79 Å². The molecule has 0 aliphatic carbocycles. The highest BCUT2D eigenvalue weighted by Crippen LogP contribution is 2.43. The summed E-state index contributed by atoms with van der Waals surface area (Å²) >= 11 is 0. The number of nitrogens with zero attached hydrogens (tertiary/aromatic N) is 3. The van der Waals surface area contributed by atoms with Gasteiger partial charge in [-0.1, -0.05) is 0 Å². The largest absolute Gasteiger partial charge is 0.490 e. The van der Waals surface area contributed by atoms with Crippen LogP contribution in [0.5, 0.6) is 0 Å². The molecule has 1 aromatic carbocycles. The van der Waals surface area contributed by atoms with Crippen molar-refractivity contribution in [2.24, 2.45) is 5.41 Å². The lowest BCUT2D eigenvalue weighted by atomic mass is 9.86. The first kappa shape index (κ1) is 23.0. The summed E-state index contributed by atoms with van der Waals surface area (Å²) in [5, 5.41) is 16.0. The van der Waals surface area contributed by atoms with Gasteiger partial charge in [-0.15, -0.1) is 0 Å². The zero-order chi connectivity index (χ0) is 22.6. The molecule has 0 radical (unpaired) electrons. The van der Waals surface area contributed by atoms with E-state index in [-0.39, 0.29) is 11.3 Å². The van der Waals surface area contributed by atoms with Crippen molar-refractivity contribution >= 4 is 17.6 Å². The van der Waals surface area contributed by atoms with E-state index in [1.54, 1.807) is 12.1 Å². The van der Waals surface area contributed by atoms with Crippen molar-refractivity contribution in [2.45, 2.75) is 37.9 Å². The van der Waals surface area contributed by atoms with Gasteiger partial charge in [-0.2, -0.15) is 18.4 Å². The number of alkyl halides is 3. The Morgan fingerprint density at radius 3 is 2.35 bits per heavy atom. The molecule has 31 heavy (non-hydrogen) atoms. The number of ether oxygens (including phenoxy) is 1. The molecule has 1 amide bonds. The summed E-state index contributed by atoms with van der Waals surface area (Å²) in [5.74, 6) is -2.54. The lowest BCUT2D eigenvalue weighted by molar-refractivity contribution is -0.192. The van der Waals surface area contributed by atoms with Crippen molar-refractivity contribution in [3.8, 4) is 6.07 Å². The molecule has 0 saturated carbocycles. The Balaban J connectivity index is 0.000000339. The molecule has 7 nitrogen and oxygen atoms in total. The second-order valence-corrected chi connectivity index (χ2v) is 8.18. The maximum Gasteiger partial charge on any atom is 0.490 e.